The van der Waals surface area contributed by atoms with Crippen LogP contribution in [-0.4, -0.2) is 62.5 Å². The Balaban J connectivity index is 1.77. The first kappa shape index (κ1) is 19.8. The third-order valence-electron chi connectivity index (χ3n) is 4.49. The van der Waals surface area contributed by atoms with Gasteiger partial charge < -0.3 is 15.4 Å². The third kappa shape index (κ3) is 3.69. The molecular formula is C17H23F2N7O2. The molecular weight excluding hydrogens is 372 g/mol. The minimum Gasteiger partial charge on any atom is -0.453 e. The Morgan fingerprint density at radius 1 is 1.39 bits per heavy atom. The van der Waals surface area contributed by atoms with Gasteiger partial charge in [-0.15, -0.1) is 5.10 Å². The van der Waals surface area contributed by atoms with Gasteiger partial charge in [0.25, 0.3) is 0 Å². The topological polar surface area (TPSA) is 102 Å². The number of ether oxygens (including phenoxy) is 1. The van der Waals surface area contributed by atoms with Crippen molar-refractivity contribution in [3.63, 3.8) is 0 Å². The van der Waals surface area contributed by atoms with Gasteiger partial charge in [0.1, 0.15) is 5.82 Å². The Morgan fingerprint density at radius 3 is 2.61 bits per heavy atom. The number of halogens is 2. The van der Waals surface area contributed by atoms with Crippen LogP contribution in [0.3, 0.4) is 0 Å². The standard InChI is InChI=1S/C17H23F2N7O2/c1-17(2,3)26(16(27)28-4)10-7-24(8-10)12-5-6-21-14(22-12)11-9-25(15(18)19)23-13(11)20/h5-6,9-10,15H,7-8H2,1-4H3,(H2,20,23). The minimum atomic E-state index is -2.79. The lowest BCUT2D eigenvalue weighted by molar-refractivity contribution is 0.0478. The number of nitrogens with zero attached hydrogens (tertiary/aromatic N) is 6. The highest BCUT2D eigenvalue weighted by atomic mass is 19.3. The van der Waals surface area contributed by atoms with Crippen molar-refractivity contribution in [3.8, 4) is 11.4 Å². The molecule has 1 amide bonds. The van der Waals surface area contributed by atoms with E-state index in [1.807, 2.05) is 25.7 Å². The van der Waals surface area contributed by atoms with E-state index in [2.05, 4.69) is 15.1 Å². The molecule has 0 saturated carbocycles. The molecule has 9 nitrogen and oxygen atoms in total. The van der Waals surface area contributed by atoms with Crippen molar-refractivity contribution in [1.29, 1.82) is 0 Å². The van der Waals surface area contributed by atoms with Gasteiger partial charge in [-0.25, -0.2) is 19.4 Å². The lowest BCUT2D eigenvalue weighted by Crippen LogP contribution is -2.65. The molecule has 11 heteroatoms. The second-order valence-electron chi connectivity index (χ2n) is 7.49. The molecule has 0 unspecified atom stereocenters. The van der Waals surface area contributed by atoms with Crippen LogP contribution in [0.1, 0.15) is 27.3 Å². The second kappa shape index (κ2) is 7.21. The zero-order valence-electron chi connectivity index (χ0n) is 16.1. The van der Waals surface area contributed by atoms with E-state index in [0.29, 0.717) is 23.6 Å². The van der Waals surface area contributed by atoms with Crippen molar-refractivity contribution >= 4 is 17.7 Å². The molecule has 3 rings (SSSR count). The van der Waals surface area contributed by atoms with Crippen LogP contribution in [0.25, 0.3) is 11.4 Å². The van der Waals surface area contributed by atoms with Crippen molar-refractivity contribution < 1.29 is 18.3 Å². The number of nitrogens with two attached hydrogens (primary N) is 1. The van der Waals surface area contributed by atoms with Crippen molar-refractivity contribution in [3.05, 3.63) is 18.5 Å². The summed E-state index contributed by atoms with van der Waals surface area (Å²) >= 11 is 0. The van der Waals surface area contributed by atoms with Crippen LogP contribution in [0.15, 0.2) is 18.5 Å². The zero-order valence-corrected chi connectivity index (χ0v) is 16.1. The molecule has 0 radical (unpaired) electrons. The molecule has 2 aromatic heterocycles. The third-order valence-corrected chi connectivity index (χ3v) is 4.49. The largest absolute Gasteiger partial charge is 0.453 e. The van der Waals surface area contributed by atoms with Gasteiger partial charge in [-0.2, -0.15) is 8.78 Å². The van der Waals surface area contributed by atoms with Gasteiger partial charge in [-0.3, -0.25) is 4.90 Å². The van der Waals surface area contributed by atoms with Crippen molar-refractivity contribution in [2.45, 2.75) is 38.9 Å². The number of anilines is 2. The zero-order chi connectivity index (χ0) is 20.6. The molecule has 0 atom stereocenters. The number of methoxy groups -OCH3 is 1. The number of nitrogen functional groups attached to an aromatic ring is 1. The molecule has 0 aliphatic carbocycles. The fraction of sp³-hybridized carbons (Fsp3) is 0.529. The Hall–Kier alpha value is -2.98. The Labute approximate surface area is 161 Å². The average molecular weight is 395 g/mol. The molecule has 152 valence electrons. The fourth-order valence-corrected chi connectivity index (χ4v) is 3.21. The molecule has 2 aromatic rings. The minimum absolute atomic E-state index is 0.0301. The number of aromatic nitrogens is 4. The van der Waals surface area contributed by atoms with Gasteiger partial charge in [-0.05, 0) is 26.8 Å². The molecule has 2 N–H and O–H groups in total. The second-order valence-corrected chi connectivity index (χ2v) is 7.49. The van der Waals surface area contributed by atoms with E-state index in [1.54, 1.807) is 11.0 Å². The van der Waals surface area contributed by atoms with Crippen LogP contribution in [0.2, 0.25) is 0 Å². The van der Waals surface area contributed by atoms with E-state index in [-0.39, 0.29) is 34.9 Å². The summed E-state index contributed by atoms with van der Waals surface area (Å²) in [7, 11) is 1.36. The van der Waals surface area contributed by atoms with E-state index < -0.39 is 6.55 Å². The summed E-state index contributed by atoms with van der Waals surface area (Å²) in [5.74, 6) is 0.763. The summed E-state index contributed by atoms with van der Waals surface area (Å²) in [6, 6.07) is 1.69. The Bertz CT molecular complexity index is 859. The maximum Gasteiger partial charge on any atom is 0.410 e. The van der Waals surface area contributed by atoms with Crippen LogP contribution in [-0.2, 0) is 4.74 Å². The van der Waals surface area contributed by atoms with Crippen LogP contribution in [0, 0.1) is 0 Å². The van der Waals surface area contributed by atoms with Crippen molar-refractivity contribution in [1.82, 2.24) is 24.6 Å². The van der Waals surface area contributed by atoms with E-state index in [1.165, 1.54) is 13.3 Å². The lowest BCUT2D eigenvalue weighted by Gasteiger charge is -2.49. The van der Waals surface area contributed by atoms with E-state index in [0.717, 1.165) is 6.20 Å². The molecule has 3 heterocycles. The first-order valence-corrected chi connectivity index (χ1v) is 8.70. The number of rotatable bonds is 4. The van der Waals surface area contributed by atoms with E-state index in [9.17, 15) is 13.6 Å². The van der Waals surface area contributed by atoms with Crippen LogP contribution >= 0.6 is 0 Å². The molecule has 1 aliphatic heterocycles. The molecule has 0 aromatic carbocycles. The van der Waals surface area contributed by atoms with Crippen molar-refractivity contribution in [2.75, 3.05) is 30.8 Å². The van der Waals surface area contributed by atoms with Gasteiger partial charge in [0.05, 0.1) is 18.7 Å². The summed E-state index contributed by atoms with van der Waals surface area (Å²) in [6.07, 6.45) is 2.27. The molecule has 0 spiro atoms. The summed E-state index contributed by atoms with van der Waals surface area (Å²) in [6.45, 7) is 4.16. The summed E-state index contributed by atoms with van der Waals surface area (Å²) < 4.78 is 31.0. The van der Waals surface area contributed by atoms with Gasteiger partial charge in [0.2, 0.25) is 0 Å². The first-order valence-electron chi connectivity index (χ1n) is 8.70. The number of alkyl halides is 2. The molecule has 28 heavy (non-hydrogen) atoms. The highest BCUT2D eigenvalue weighted by molar-refractivity contribution is 5.70. The highest BCUT2D eigenvalue weighted by Gasteiger charge is 2.41. The van der Waals surface area contributed by atoms with Crippen LogP contribution in [0.5, 0.6) is 0 Å². The summed E-state index contributed by atoms with van der Waals surface area (Å²) in [5.41, 5.74) is 5.58. The predicted octanol–water partition coefficient (Wildman–Crippen LogP) is 2.37. The summed E-state index contributed by atoms with van der Waals surface area (Å²) in [5, 5.41) is 3.58. The Kier molecular flexibility index (Phi) is 5.09. The molecule has 1 aliphatic rings. The number of carbonyl (C=O) groups excluding carboxylic acids is 1. The summed E-state index contributed by atoms with van der Waals surface area (Å²) in [4.78, 5) is 24.4. The maximum absolute atomic E-state index is 12.8. The predicted molar refractivity (Wildman–Crippen MR) is 98.9 cm³/mol. The van der Waals surface area contributed by atoms with E-state index in [4.69, 9.17) is 10.5 Å². The highest BCUT2D eigenvalue weighted by Crippen LogP contribution is 2.30. The molecule has 1 saturated heterocycles. The van der Waals surface area contributed by atoms with Crippen LogP contribution < -0.4 is 10.6 Å². The van der Waals surface area contributed by atoms with Gasteiger partial charge in [-0.1, -0.05) is 0 Å². The average Bonchev–Trinajstić information content (AvgIpc) is 2.98. The number of carbonyl (C=O) groups is 1. The monoisotopic (exact) mass is 395 g/mol. The normalized spacial score (nSPS) is 14.9. The SMILES string of the molecule is COC(=O)N(C1CN(c2ccnc(-c3cn(C(F)F)nc3N)n2)C1)C(C)(C)C. The first-order chi connectivity index (χ1) is 13.1. The lowest BCUT2D eigenvalue weighted by atomic mass is 9.99. The van der Waals surface area contributed by atoms with Gasteiger partial charge >= 0.3 is 12.6 Å². The van der Waals surface area contributed by atoms with Crippen molar-refractivity contribution in [2.24, 2.45) is 0 Å². The molecule has 1 fully saturated rings. The number of hydrogen-bond donors (Lipinski definition) is 1. The smallest absolute Gasteiger partial charge is 0.410 e. The van der Waals surface area contributed by atoms with Crippen LogP contribution in [0.4, 0.5) is 25.2 Å². The quantitative estimate of drug-likeness (QED) is 0.848. The number of amides is 1. The van der Waals surface area contributed by atoms with Gasteiger partial charge in [0, 0.05) is 31.0 Å². The number of hydrogen-bond acceptors (Lipinski definition) is 7. The van der Waals surface area contributed by atoms with Gasteiger partial charge in [0.15, 0.2) is 11.6 Å². The molecule has 0 bridgehead atoms. The fourth-order valence-electron chi connectivity index (χ4n) is 3.21. The Morgan fingerprint density at radius 2 is 2.07 bits per heavy atom. The maximum atomic E-state index is 12.8. The van der Waals surface area contributed by atoms with E-state index >= 15 is 0 Å².